The number of carbonyl (C=O) groups is 1. The average Bonchev–Trinajstić information content (AvgIpc) is 2.73. The van der Waals surface area contributed by atoms with E-state index < -0.39 is 11.3 Å². The third-order valence-electron chi connectivity index (χ3n) is 2.79. The first-order valence-corrected chi connectivity index (χ1v) is 6.03. The van der Waals surface area contributed by atoms with Crippen molar-refractivity contribution in [1.82, 2.24) is 14.8 Å². The number of hydrogen-bond donors (Lipinski definition) is 2. The van der Waals surface area contributed by atoms with Crippen LogP contribution >= 0.6 is 0 Å². The van der Waals surface area contributed by atoms with Gasteiger partial charge >= 0.3 is 0 Å². The predicted octanol–water partition coefficient (Wildman–Crippen LogP) is 1.85. The van der Waals surface area contributed by atoms with Crippen LogP contribution in [0.15, 0.2) is 29.5 Å². The fourth-order valence-electron chi connectivity index (χ4n) is 1.62. The summed E-state index contributed by atoms with van der Waals surface area (Å²) in [5.41, 5.74) is -0.0428. The summed E-state index contributed by atoms with van der Waals surface area (Å²) in [6.07, 6.45) is 3.56. The standard InChI is InChI=1S/C13H15FN4O2/c1-13(2,3)10-6-9(19)8(7-16-10)11(20)17-12-15-4-5-18(12)14/h4-7H,1-3H3,(H,16,19)(H,15,17,20). The zero-order valence-corrected chi connectivity index (χ0v) is 11.4. The molecule has 0 bridgehead atoms. The minimum atomic E-state index is -0.711. The molecular formula is C13H15FN4O2. The van der Waals surface area contributed by atoms with E-state index in [0.29, 0.717) is 5.69 Å². The summed E-state index contributed by atoms with van der Waals surface area (Å²) in [7, 11) is 0. The normalized spacial score (nSPS) is 11.4. The van der Waals surface area contributed by atoms with E-state index in [1.807, 2.05) is 20.8 Å². The third kappa shape index (κ3) is 2.76. The second kappa shape index (κ2) is 4.92. The number of anilines is 1. The van der Waals surface area contributed by atoms with Crippen LogP contribution in [0.3, 0.4) is 0 Å². The summed E-state index contributed by atoms with van der Waals surface area (Å²) < 4.78 is 13.1. The summed E-state index contributed by atoms with van der Waals surface area (Å²) in [5.74, 6) is -0.980. The Kier molecular flexibility index (Phi) is 3.44. The molecule has 0 aliphatic carbocycles. The Morgan fingerprint density at radius 2 is 2.15 bits per heavy atom. The molecule has 106 valence electrons. The van der Waals surface area contributed by atoms with E-state index >= 15 is 0 Å². The molecule has 2 aromatic rings. The molecule has 0 spiro atoms. The number of nitrogens with one attached hydrogen (secondary N) is 2. The van der Waals surface area contributed by atoms with E-state index in [2.05, 4.69) is 15.3 Å². The van der Waals surface area contributed by atoms with Crippen molar-refractivity contribution in [2.75, 3.05) is 5.32 Å². The molecule has 0 unspecified atom stereocenters. The molecular weight excluding hydrogens is 263 g/mol. The Morgan fingerprint density at radius 3 is 2.65 bits per heavy atom. The fourth-order valence-corrected chi connectivity index (χ4v) is 1.62. The van der Waals surface area contributed by atoms with Gasteiger partial charge in [-0.2, -0.15) is 4.79 Å². The molecule has 0 radical (unpaired) electrons. The smallest absolute Gasteiger partial charge is 0.263 e. The fraction of sp³-hybridized carbons (Fsp3) is 0.308. The summed E-state index contributed by atoms with van der Waals surface area (Å²) in [6, 6.07) is 1.37. The molecule has 0 fully saturated rings. The number of hydrogen-bond acceptors (Lipinski definition) is 3. The molecule has 20 heavy (non-hydrogen) atoms. The van der Waals surface area contributed by atoms with Crippen molar-refractivity contribution in [3.63, 3.8) is 0 Å². The molecule has 0 saturated carbocycles. The van der Waals surface area contributed by atoms with Gasteiger partial charge in [-0.3, -0.25) is 14.9 Å². The van der Waals surface area contributed by atoms with Gasteiger partial charge in [0.05, 0.1) is 12.4 Å². The molecule has 0 aliphatic rings. The lowest BCUT2D eigenvalue weighted by Gasteiger charge is -2.18. The molecule has 1 amide bonds. The molecule has 2 rings (SSSR count). The van der Waals surface area contributed by atoms with Crippen LogP contribution < -0.4 is 10.7 Å². The molecule has 6 nitrogen and oxygen atoms in total. The van der Waals surface area contributed by atoms with E-state index in [4.69, 9.17) is 0 Å². The van der Waals surface area contributed by atoms with Gasteiger partial charge in [0.1, 0.15) is 5.56 Å². The van der Waals surface area contributed by atoms with E-state index in [1.165, 1.54) is 18.5 Å². The van der Waals surface area contributed by atoms with E-state index in [9.17, 15) is 14.1 Å². The van der Waals surface area contributed by atoms with Gasteiger partial charge in [0, 0.05) is 23.4 Å². The average molecular weight is 278 g/mol. The number of carbonyl (C=O) groups excluding carboxylic acids is 1. The molecule has 2 heterocycles. The first kappa shape index (κ1) is 14.0. The highest BCUT2D eigenvalue weighted by Crippen LogP contribution is 2.18. The number of aromatic nitrogens is 3. The van der Waals surface area contributed by atoms with Gasteiger partial charge in [0.25, 0.3) is 5.91 Å². The lowest BCUT2D eigenvalue weighted by molar-refractivity contribution is 0.102. The van der Waals surface area contributed by atoms with E-state index in [-0.39, 0.29) is 21.7 Å². The van der Waals surface area contributed by atoms with Crippen molar-refractivity contribution >= 4 is 11.9 Å². The van der Waals surface area contributed by atoms with Crippen LogP contribution in [0.5, 0.6) is 0 Å². The van der Waals surface area contributed by atoms with Gasteiger partial charge in [-0.1, -0.05) is 25.3 Å². The number of imidazole rings is 1. The number of amides is 1. The zero-order chi connectivity index (χ0) is 14.9. The maximum Gasteiger partial charge on any atom is 0.263 e. The molecule has 0 saturated heterocycles. The van der Waals surface area contributed by atoms with Gasteiger partial charge in [0.15, 0.2) is 5.43 Å². The number of halogens is 1. The highest BCUT2D eigenvalue weighted by molar-refractivity contribution is 6.03. The second-order valence-electron chi connectivity index (χ2n) is 5.39. The van der Waals surface area contributed by atoms with Gasteiger partial charge in [-0.15, -0.1) is 0 Å². The van der Waals surface area contributed by atoms with Crippen LogP contribution in [0, 0.1) is 0 Å². The van der Waals surface area contributed by atoms with E-state index in [1.54, 1.807) is 0 Å². The van der Waals surface area contributed by atoms with E-state index in [0.717, 1.165) is 6.20 Å². The van der Waals surface area contributed by atoms with Crippen LogP contribution in [0.1, 0.15) is 36.8 Å². The van der Waals surface area contributed by atoms with Crippen LogP contribution in [-0.2, 0) is 5.41 Å². The Hall–Kier alpha value is -2.44. The summed E-state index contributed by atoms with van der Waals surface area (Å²) in [4.78, 5) is 30.5. The van der Waals surface area contributed by atoms with Crippen molar-refractivity contribution < 1.29 is 9.28 Å². The summed E-state index contributed by atoms with van der Waals surface area (Å²) in [6.45, 7) is 5.83. The van der Waals surface area contributed by atoms with Gasteiger partial charge in [0.2, 0.25) is 5.95 Å². The highest BCUT2D eigenvalue weighted by Gasteiger charge is 2.18. The highest BCUT2D eigenvalue weighted by atomic mass is 19.2. The van der Waals surface area contributed by atoms with Crippen molar-refractivity contribution in [1.29, 1.82) is 0 Å². The molecule has 0 atom stereocenters. The molecule has 0 aromatic carbocycles. The van der Waals surface area contributed by atoms with Crippen LogP contribution in [-0.4, -0.2) is 20.7 Å². The predicted molar refractivity (Wildman–Crippen MR) is 72.4 cm³/mol. The summed E-state index contributed by atoms with van der Waals surface area (Å²) >= 11 is 0. The van der Waals surface area contributed by atoms with Crippen molar-refractivity contribution in [3.8, 4) is 0 Å². The summed E-state index contributed by atoms with van der Waals surface area (Å²) in [5, 5.41) is 2.22. The van der Waals surface area contributed by atoms with Crippen molar-refractivity contribution in [2.45, 2.75) is 26.2 Å². The minimum absolute atomic E-state index is 0.0963. The van der Waals surface area contributed by atoms with Gasteiger partial charge in [-0.25, -0.2) is 4.98 Å². The molecule has 7 heteroatoms. The maximum absolute atomic E-state index is 13.1. The zero-order valence-electron chi connectivity index (χ0n) is 11.4. The number of aromatic amines is 1. The van der Waals surface area contributed by atoms with Crippen molar-refractivity contribution in [2.24, 2.45) is 0 Å². The van der Waals surface area contributed by atoms with Gasteiger partial charge in [-0.05, 0) is 0 Å². The molecule has 0 aliphatic heterocycles. The van der Waals surface area contributed by atoms with Crippen molar-refractivity contribution in [3.05, 3.63) is 46.1 Å². The first-order valence-electron chi connectivity index (χ1n) is 6.03. The third-order valence-corrected chi connectivity index (χ3v) is 2.79. The first-order chi connectivity index (χ1) is 9.29. The topological polar surface area (TPSA) is 79.8 Å². The quantitative estimate of drug-likeness (QED) is 0.879. The maximum atomic E-state index is 13.1. The lowest BCUT2D eigenvalue weighted by atomic mass is 9.91. The van der Waals surface area contributed by atoms with Gasteiger partial charge < -0.3 is 4.98 Å². The Balaban J connectivity index is 2.28. The minimum Gasteiger partial charge on any atom is -0.364 e. The Labute approximate surface area is 114 Å². The number of rotatable bonds is 2. The van der Waals surface area contributed by atoms with Crippen LogP contribution in [0.4, 0.5) is 10.4 Å². The molecule has 2 aromatic heterocycles. The van der Waals surface area contributed by atoms with Crippen LogP contribution in [0.25, 0.3) is 0 Å². The Bertz CT molecular complexity index is 697. The SMILES string of the molecule is CC(C)(C)c1cc(=O)c(C(=O)Nc2nccn2F)c[nH]1. The lowest BCUT2D eigenvalue weighted by Crippen LogP contribution is -2.25. The monoisotopic (exact) mass is 278 g/mol. The van der Waals surface area contributed by atoms with Crippen LogP contribution in [0.2, 0.25) is 0 Å². The Morgan fingerprint density at radius 1 is 1.45 bits per heavy atom. The number of pyridine rings is 1. The number of nitrogens with zero attached hydrogens (tertiary/aromatic N) is 2. The molecule has 2 N–H and O–H groups in total. The largest absolute Gasteiger partial charge is 0.364 e. The second-order valence-corrected chi connectivity index (χ2v) is 5.39. The number of H-pyrrole nitrogens is 1.